The van der Waals surface area contributed by atoms with Gasteiger partial charge in [-0.1, -0.05) is 77.3 Å². The Morgan fingerprint density at radius 1 is 0.926 bits per heavy atom. The summed E-state index contributed by atoms with van der Waals surface area (Å²) in [6, 6.07) is 24.4. The highest BCUT2D eigenvalue weighted by Crippen LogP contribution is 2.59. The van der Waals surface area contributed by atoms with Gasteiger partial charge in [-0.2, -0.15) is 0 Å². The summed E-state index contributed by atoms with van der Waals surface area (Å²) in [5, 5.41) is 3.66. The number of hydrogen-bond acceptors (Lipinski definition) is 1. The third-order valence-corrected chi connectivity index (χ3v) is 5.74. The van der Waals surface area contributed by atoms with Crippen LogP contribution in [0.5, 0.6) is 0 Å². The maximum Gasteiger partial charge on any atom is 0.228 e. The Kier molecular flexibility index (Phi) is 4.53. The molecule has 0 bridgehead atoms. The zero-order valence-corrected chi connectivity index (χ0v) is 16.3. The molecule has 0 heterocycles. The minimum absolute atomic E-state index is 0.0402. The molecule has 1 aliphatic rings. The fraction of sp³-hybridized carbons (Fsp3) is 0.208. The highest BCUT2D eigenvalue weighted by Gasteiger charge is 2.60. The number of nitrogens with one attached hydrogen (secondary N) is 1. The van der Waals surface area contributed by atoms with Gasteiger partial charge in [0.2, 0.25) is 5.91 Å². The molecule has 2 nitrogen and oxygen atoms in total. The second-order valence-corrected chi connectivity index (χ2v) is 7.90. The molecule has 1 amide bonds. The molecule has 0 unspecified atom stereocenters. The number of rotatable bonds is 4. The molecule has 1 saturated carbocycles. The van der Waals surface area contributed by atoms with Crippen molar-refractivity contribution in [1.29, 1.82) is 0 Å². The van der Waals surface area contributed by atoms with E-state index in [0.717, 1.165) is 12.1 Å². The van der Waals surface area contributed by atoms with Crippen molar-refractivity contribution in [3.8, 4) is 0 Å². The van der Waals surface area contributed by atoms with Crippen molar-refractivity contribution in [3.05, 3.63) is 100 Å². The summed E-state index contributed by atoms with van der Waals surface area (Å²) in [6.45, 7) is 4.16. The first-order valence-corrected chi connectivity index (χ1v) is 9.57. The van der Waals surface area contributed by atoms with Gasteiger partial charge in [0, 0.05) is 16.1 Å². The van der Waals surface area contributed by atoms with Gasteiger partial charge < -0.3 is 5.32 Å². The second-order valence-electron chi connectivity index (χ2n) is 7.46. The summed E-state index contributed by atoms with van der Waals surface area (Å²) in [7, 11) is 0. The summed E-state index contributed by atoms with van der Waals surface area (Å²) < 4.78 is 0. The molecule has 3 aromatic rings. The van der Waals surface area contributed by atoms with E-state index in [1.165, 1.54) is 22.3 Å². The van der Waals surface area contributed by atoms with Crippen LogP contribution < -0.4 is 5.32 Å². The Labute approximate surface area is 165 Å². The van der Waals surface area contributed by atoms with Crippen LogP contribution >= 0.6 is 11.6 Å². The smallest absolute Gasteiger partial charge is 0.228 e. The van der Waals surface area contributed by atoms with Crippen LogP contribution in [0.15, 0.2) is 72.8 Å². The molecule has 1 atom stereocenters. The third-order valence-electron chi connectivity index (χ3n) is 5.50. The van der Waals surface area contributed by atoms with E-state index in [9.17, 15) is 4.79 Å². The maximum atomic E-state index is 13.0. The van der Waals surface area contributed by atoms with Gasteiger partial charge >= 0.3 is 0 Å². The first-order valence-electron chi connectivity index (χ1n) is 9.20. The Hall–Kier alpha value is -2.58. The normalized spacial score (nSPS) is 17.4. The molecule has 136 valence electrons. The molecule has 27 heavy (non-hydrogen) atoms. The fourth-order valence-electron chi connectivity index (χ4n) is 3.88. The number of amides is 1. The lowest BCUT2D eigenvalue weighted by atomic mass is 9.85. The van der Waals surface area contributed by atoms with Crippen molar-refractivity contribution in [2.45, 2.75) is 25.7 Å². The van der Waals surface area contributed by atoms with Crippen LogP contribution in [0.2, 0.25) is 5.02 Å². The number of carbonyl (C=O) groups is 1. The monoisotopic (exact) mass is 375 g/mol. The van der Waals surface area contributed by atoms with Crippen molar-refractivity contribution in [1.82, 2.24) is 0 Å². The fourth-order valence-corrected chi connectivity index (χ4v) is 4.07. The summed E-state index contributed by atoms with van der Waals surface area (Å²) >= 11 is 6.05. The molecule has 0 aliphatic heterocycles. The molecular formula is C24H22ClNO. The van der Waals surface area contributed by atoms with Gasteiger partial charge in [0.05, 0.1) is 5.92 Å². The number of hydrogen-bond donors (Lipinski definition) is 1. The number of anilines is 1. The quantitative estimate of drug-likeness (QED) is 0.604. The van der Waals surface area contributed by atoms with E-state index in [0.29, 0.717) is 5.02 Å². The number of carbonyl (C=O) groups excluding carboxylic acids is 1. The van der Waals surface area contributed by atoms with E-state index >= 15 is 0 Å². The van der Waals surface area contributed by atoms with Gasteiger partial charge in [0.15, 0.2) is 0 Å². The van der Waals surface area contributed by atoms with E-state index in [-0.39, 0.29) is 17.2 Å². The lowest BCUT2D eigenvalue weighted by Gasteiger charge is -2.19. The van der Waals surface area contributed by atoms with Gasteiger partial charge in [-0.3, -0.25) is 4.79 Å². The van der Waals surface area contributed by atoms with E-state index in [1.54, 1.807) is 12.1 Å². The molecule has 0 aromatic heterocycles. The minimum atomic E-state index is -0.260. The summed E-state index contributed by atoms with van der Waals surface area (Å²) in [4.78, 5) is 13.0. The zero-order valence-electron chi connectivity index (χ0n) is 15.5. The van der Waals surface area contributed by atoms with Crippen LogP contribution in [0.4, 0.5) is 5.69 Å². The average molecular weight is 376 g/mol. The molecule has 0 radical (unpaired) electrons. The first-order chi connectivity index (χ1) is 13.0. The molecule has 4 rings (SSSR count). The standard InChI is InChI=1S/C24H22ClNO/c1-16-6-10-18(11-7-16)24(19-12-8-17(2)9-13-19)15-22(24)23(27)26-21-5-3-4-20(25)14-21/h3-14,22H,15H2,1-2H3,(H,26,27)/t22-/m0/s1. The topological polar surface area (TPSA) is 29.1 Å². The van der Waals surface area contributed by atoms with Crippen molar-refractivity contribution in [3.63, 3.8) is 0 Å². The van der Waals surface area contributed by atoms with Crippen molar-refractivity contribution < 1.29 is 4.79 Å². The van der Waals surface area contributed by atoms with Gasteiger partial charge in [-0.05, 0) is 49.6 Å². The van der Waals surface area contributed by atoms with E-state index < -0.39 is 0 Å². The predicted octanol–water partition coefficient (Wildman–Crippen LogP) is 5.90. The van der Waals surface area contributed by atoms with Crippen molar-refractivity contribution >= 4 is 23.2 Å². The average Bonchev–Trinajstić information content (AvgIpc) is 3.40. The molecule has 1 N–H and O–H groups in total. The highest BCUT2D eigenvalue weighted by atomic mass is 35.5. The molecule has 1 aliphatic carbocycles. The Bertz CT molecular complexity index is 931. The van der Waals surface area contributed by atoms with Crippen LogP contribution in [-0.4, -0.2) is 5.91 Å². The van der Waals surface area contributed by atoms with Gasteiger partial charge in [0.1, 0.15) is 0 Å². The van der Waals surface area contributed by atoms with Gasteiger partial charge in [-0.15, -0.1) is 0 Å². The Morgan fingerprint density at radius 3 is 2.00 bits per heavy atom. The molecule has 3 heteroatoms. The summed E-state index contributed by atoms with van der Waals surface area (Å²) in [5.41, 5.74) is 5.31. The Balaban J connectivity index is 1.67. The Morgan fingerprint density at radius 2 is 1.48 bits per heavy atom. The molecule has 1 fully saturated rings. The zero-order chi connectivity index (χ0) is 19.0. The number of benzene rings is 3. The maximum absolute atomic E-state index is 13.0. The predicted molar refractivity (Wildman–Crippen MR) is 111 cm³/mol. The molecular weight excluding hydrogens is 354 g/mol. The van der Waals surface area contributed by atoms with Crippen LogP contribution in [-0.2, 0) is 10.2 Å². The van der Waals surface area contributed by atoms with Gasteiger partial charge in [0.25, 0.3) is 0 Å². The number of aryl methyl sites for hydroxylation is 2. The number of halogens is 1. The highest BCUT2D eigenvalue weighted by molar-refractivity contribution is 6.30. The molecule has 0 saturated heterocycles. The second kappa shape index (κ2) is 6.86. The third kappa shape index (κ3) is 3.38. The minimum Gasteiger partial charge on any atom is -0.326 e. The van der Waals surface area contributed by atoms with Gasteiger partial charge in [-0.25, -0.2) is 0 Å². The van der Waals surface area contributed by atoms with E-state index in [4.69, 9.17) is 11.6 Å². The lowest BCUT2D eigenvalue weighted by molar-refractivity contribution is -0.117. The lowest BCUT2D eigenvalue weighted by Crippen LogP contribution is -2.22. The summed E-state index contributed by atoms with van der Waals surface area (Å²) in [5.74, 6) is -0.0553. The largest absolute Gasteiger partial charge is 0.326 e. The van der Waals surface area contributed by atoms with E-state index in [2.05, 4.69) is 67.7 Å². The van der Waals surface area contributed by atoms with Crippen LogP contribution in [0.25, 0.3) is 0 Å². The first kappa shape index (κ1) is 17.8. The van der Waals surface area contributed by atoms with Crippen molar-refractivity contribution in [2.24, 2.45) is 5.92 Å². The summed E-state index contributed by atoms with van der Waals surface area (Å²) in [6.07, 6.45) is 0.811. The van der Waals surface area contributed by atoms with E-state index in [1.807, 2.05) is 12.1 Å². The molecule has 0 spiro atoms. The van der Waals surface area contributed by atoms with Crippen LogP contribution in [0.3, 0.4) is 0 Å². The van der Waals surface area contributed by atoms with Crippen LogP contribution in [0, 0.1) is 19.8 Å². The molecule has 3 aromatic carbocycles. The SMILES string of the molecule is Cc1ccc(C2(c3ccc(C)cc3)C[C@H]2C(=O)Nc2cccc(Cl)c2)cc1. The van der Waals surface area contributed by atoms with Crippen molar-refractivity contribution in [2.75, 3.05) is 5.32 Å². The van der Waals surface area contributed by atoms with Crippen LogP contribution in [0.1, 0.15) is 28.7 Å².